The standard InChI is InChI=1S/C10H10FN3O2/c1-14-7-4-5(11)2-3-6(7)9(13-14)8(12)10(15)16/h2-4,8H,12H2,1H3,(H,15,16). The Kier molecular flexibility index (Phi) is 2.35. The van der Waals surface area contributed by atoms with E-state index in [2.05, 4.69) is 5.10 Å². The SMILES string of the molecule is Cn1nc(C(N)C(=O)O)c2ccc(F)cc21. The highest BCUT2D eigenvalue weighted by Gasteiger charge is 2.21. The number of carboxylic acids is 1. The third-order valence-electron chi connectivity index (χ3n) is 2.40. The van der Waals surface area contributed by atoms with Crippen LogP contribution in [0.1, 0.15) is 11.7 Å². The van der Waals surface area contributed by atoms with Gasteiger partial charge in [-0.05, 0) is 18.2 Å². The number of carboxylic acid groups (broad SMARTS) is 1. The lowest BCUT2D eigenvalue weighted by Gasteiger charge is -2.01. The van der Waals surface area contributed by atoms with Gasteiger partial charge in [0.1, 0.15) is 11.9 Å². The summed E-state index contributed by atoms with van der Waals surface area (Å²) in [4.78, 5) is 10.8. The molecule has 1 atom stereocenters. The fourth-order valence-electron chi connectivity index (χ4n) is 1.61. The number of carbonyl (C=O) groups is 1. The zero-order valence-electron chi connectivity index (χ0n) is 8.51. The number of halogens is 1. The van der Waals surface area contributed by atoms with Gasteiger partial charge in [-0.2, -0.15) is 5.10 Å². The van der Waals surface area contributed by atoms with Crippen molar-refractivity contribution >= 4 is 16.9 Å². The highest BCUT2D eigenvalue weighted by atomic mass is 19.1. The molecule has 1 aromatic carbocycles. The van der Waals surface area contributed by atoms with E-state index in [0.717, 1.165) is 0 Å². The van der Waals surface area contributed by atoms with Crippen LogP contribution in [0.4, 0.5) is 4.39 Å². The molecule has 0 saturated carbocycles. The molecule has 6 heteroatoms. The van der Waals surface area contributed by atoms with E-state index in [1.165, 1.54) is 22.9 Å². The molecule has 2 rings (SSSR count). The maximum atomic E-state index is 13.0. The third-order valence-corrected chi connectivity index (χ3v) is 2.40. The number of aryl methyl sites for hydroxylation is 1. The summed E-state index contributed by atoms with van der Waals surface area (Å²) >= 11 is 0. The number of aromatic nitrogens is 2. The first-order chi connectivity index (χ1) is 7.50. The first-order valence-electron chi connectivity index (χ1n) is 4.61. The molecule has 0 bridgehead atoms. The van der Waals surface area contributed by atoms with Gasteiger partial charge in [-0.15, -0.1) is 0 Å². The van der Waals surface area contributed by atoms with Gasteiger partial charge in [0, 0.05) is 12.4 Å². The number of nitrogens with two attached hydrogens (primary N) is 1. The van der Waals surface area contributed by atoms with Crippen molar-refractivity contribution in [3.05, 3.63) is 29.7 Å². The second-order valence-electron chi connectivity index (χ2n) is 3.49. The molecule has 0 saturated heterocycles. The molecule has 0 fully saturated rings. The van der Waals surface area contributed by atoms with Gasteiger partial charge in [0.15, 0.2) is 0 Å². The van der Waals surface area contributed by atoms with Gasteiger partial charge in [0.05, 0.1) is 11.2 Å². The topological polar surface area (TPSA) is 81.1 Å². The van der Waals surface area contributed by atoms with Gasteiger partial charge in [-0.25, -0.2) is 4.39 Å². The predicted molar refractivity (Wildman–Crippen MR) is 55.2 cm³/mol. The average Bonchev–Trinajstić information content (AvgIpc) is 2.55. The first-order valence-corrected chi connectivity index (χ1v) is 4.61. The van der Waals surface area contributed by atoms with Crippen LogP contribution in [0, 0.1) is 5.82 Å². The van der Waals surface area contributed by atoms with Crippen LogP contribution in [0.2, 0.25) is 0 Å². The number of benzene rings is 1. The Morgan fingerprint density at radius 2 is 2.31 bits per heavy atom. The van der Waals surface area contributed by atoms with Crippen molar-refractivity contribution in [2.75, 3.05) is 0 Å². The van der Waals surface area contributed by atoms with E-state index in [9.17, 15) is 9.18 Å². The highest BCUT2D eigenvalue weighted by Crippen LogP contribution is 2.23. The predicted octanol–water partition coefficient (Wildman–Crippen LogP) is 0.797. The van der Waals surface area contributed by atoms with Gasteiger partial charge >= 0.3 is 5.97 Å². The summed E-state index contributed by atoms with van der Waals surface area (Å²) in [7, 11) is 1.61. The van der Waals surface area contributed by atoms with E-state index in [0.29, 0.717) is 10.9 Å². The average molecular weight is 223 g/mol. The van der Waals surface area contributed by atoms with Crippen LogP contribution in [0.3, 0.4) is 0 Å². The van der Waals surface area contributed by atoms with Crippen LogP contribution < -0.4 is 5.73 Å². The Morgan fingerprint density at radius 1 is 1.62 bits per heavy atom. The summed E-state index contributed by atoms with van der Waals surface area (Å²) < 4.78 is 14.4. The molecule has 1 unspecified atom stereocenters. The van der Waals surface area contributed by atoms with Crippen molar-refractivity contribution in [3.8, 4) is 0 Å². The molecule has 1 heterocycles. The first kappa shape index (κ1) is 10.6. The van der Waals surface area contributed by atoms with Gasteiger partial charge in [-0.3, -0.25) is 9.48 Å². The lowest BCUT2D eigenvalue weighted by atomic mass is 10.1. The molecule has 2 aromatic rings. The summed E-state index contributed by atoms with van der Waals surface area (Å²) in [5.74, 6) is -1.56. The Labute approximate surface area is 90.3 Å². The van der Waals surface area contributed by atoms with Crippen LogP contribution >= 0.6 is 0 Å². The zero-order chi connectivity index (χ0) is 11.9. The number of hydrogen-bond acceptors (Lipinski definition) is 3. The molecule has 0 amide bonds. The lowest BCUT2D eigenvalue weighted by Crippen LogP contribution is -2.21. The van der Waals surface area contributed by atoms with Gasteiger partial charge < -0.3 is 10.8 Å². The third kappa shape index (κ3) is 1.53. The van der Waals surface area contributed by atoms with E-state index in [-0.39, 0.29) is 5.69 Å². The molecule has 0 radical (unpaired) electrons. The smallest absolute Gasteiger partial charge is 0.326 e. The second-order valence-corrected chi connectivity index (χ2v) is 3.49. The van der Waals surface area contributed by atoms with Crippen LogP contribution in [0.5, 0.6) is 0 Å². The molecule has 5 nitrogen and oxygen atoms in total. The van der Waals surface area contributed by atoms with Crippen LogP contribution in [0.25, 0.3) is 10.9 Å². The summed E-state index contributed by atoms with van der Waals surface area (Å²) in [6.07, 6.45) is 0. The number of rotatable bonds is 2. The van der Waals surface area contributed by atoms with E-state index in [1.54, 1.807) is 7.05 Å². The van der Waals surface area contributed by atoms with Crippen LogP contribution in [-0.2, 0) is 11.8 Å². The van der Waals surface area contributed by atoms with Gasteiger partial charge in [0.2, 0.25) is 0 Å². The van der Waals surface area contributed by atoms with Crippen molar-refractivity contribution < 1.29 is 14.3 Å². The molecule has 0 spiro atoms. The molecule has 0 aliphatic heterocycles. The molecule has 84 valence electrons. The van der Waals surface area contributed by atoms with Crippen molar-refractivity contribution in [2.45, 2.75) is 6.04 Å². The minimum absolute atomic E-state index is 0.241. The molecule has 0 aliphatic rings. The molecule has 1 aromatic heterocycles. The fraction of sp³-hybridized carbons (Fsp3) is 0.200. The van der Waals surface area contributed by atoms with Crippen molar-refractivity contribution in [1.29, 1.82) is 0 Å². The van der Waals surface area contributed by atoms with Gasteiger partial charge in [-0.1, -0.05) is 0 Å². The number of hydrogen-bond donors (Lipinski definition) is 2. The van der Waals surface area contributed by atoms with E-state index in [4.69, 9.17) is 10.8 Å². The summed E-state index contributed by atoms with van der Waals surface area (Å²) in [5, 5.41) is 13.4. The summed E-state index contributed by atoms with van der Waals surface area (Å²) in [5.41, 5.74) is 6.25. The van der Waals surface area contributed by atoms with E-state index >= 15 is 0 Å². The fourth-order valence-corrected chi connectivity index (χ4v) is 1.61. The van der Waals surface area contributed by atoms with E-state index in [1.807, 2.05) is 0 Å². The number of aliphatic carboxylic acids is 1. The Hall–Kier alpha value is -1.95. The normalized spacial score (nSPS) is 12.9. The van der Waals surface area contributed by atoms with Crippen molar-refractivity contribution in [1.82, 2.24) is 9.78 Å². The molecule has 0 aliphatic carbocycles. The molecular formula is C10H10FN3O2. The summed E-state index contributed by atoms with van der Waals surface area (Å²) in [6.45, 7) is 0. The molecular weight excluding hydrogens is 213 g/mol. The monoisotopic (exact) mass is 223 g/mol. The Balaban J connectivity index is 2.68. The zero-order valence-corrected chi connectivity index (χ0v) is 8.51. The van der Waals surface area contributed by atoms with Crippen molar-refractivity contribution in [2.24, 2.45) is 12.8 Å². The quantitative estimate of drug-likeness (QED) is 0.788. The summed E-state index contributed by atoms with van der Waals surface area (Å²) in [6, 6.07) is 2.83. The number of fused-ring (bicyclic) bond motifs is 1. The van der Waals surface area contributed by atoms with Gasteiger partial charge in [0.25, 0.3) is 0 Å². The molecule has 3 N–H and O–H groups in total. The maximum Gasteiger partial charge on any atom is 0.326 e. The minimum atomic E-state index is -1.20. The van der Waals surface area contributed by atoms with E-state index < -0.39 is 17.8 Å². The van der Waals surface area contributed by atoms with Crippen LogP contribution in [0.15, 0.2) is 18.2 Å². The Bertz CT molecular complexity index is 564. The number of nitrogens with zero attached hydrogens (tertiary/aromatic N) is 2. The molecule has 16 heavy (non-hydrogen) atoms. The van der Waals surface area contributed by atoms with Crippen LogP contribution in [-0.4, -0.2) is 20.9 Å². The lowest BCUT2D eigenvalue weighted by molar-refractivity contribution is -0.138. The van der Waals surface area contributed by atoms with Crippen molar-refractivity contribution in [3.63, 3.8) is 0 Å². The highest BCUT2D eigenvalue weighted by molar-refractivity contribution is 5.87. The second kappa shape index (κ2) is 3.57. The maximum absolute atomic E-state index is 13.0. The Morgan fingerprint density at radius 3 is 2.94 bits per heavy atom. The largest absolute Gasteiger partial charge is 0.480 e. The minimum Gasteiger partial charge on any atom is -0.480 e.